The molecule has 1 amide bonds. The summed E-state index contributed by atoms with van der Waals surface area (Å²) in [5, 5.41) is 0. The molecule has 2 aromatic rings. The molecule has 2 aromatic carbocycles. The first kappa shape index (κ1) is 22.3. The Kier molecular flexibility index (Phi) is 6.46. The van der Waals surface area contributed by atoms with Crippen LogP contribution in [0.5, 0.6) is 17.2 Å². The van der Waals surface area contributed by atoms with Gasteiger partial charge in [0.2, 0.25) is 0 Å². The molecule has 0 spiro atoms. The normalized spacial score (nSPS) is 17.6. The Hall–Kier alpha value is -2.93. The van der Waals surface area contributed by atoms with Gasteiger partial charge in [-0.1, -0.05) is 18.2 Å². The predicted octanol–water partition coefficient (Wildman–Crippen LogP) is 4.11. The number of benzene rings is 2. The van der Waals surface area contributed by atoms with Gasteiger partial charge in [0.15, 0.2) is 11.5 Å². The third-order valence-corrected chi connectivity index (χ3v) is 5.64. The quantitative estimate of drug-likeness (QED) is 0.713. The van der Waals surface area contributed by atoms with Crippen molar-refractivity contribution in [1.82, 2.24) is 9.80 Å². The standard InChI is InChI=1S/C25H32N2O5/c1-25(2,3)32-24(28)27-13-11-26(12-14-27)23(18-5-8-20(29-4)9-6-18)19-7-10-21-22(17-19)31-16-15-30-21/h5-10,17,23H,11-16H2,1-4H3. The van der Waals surface area contributed by atoms with Crippen molar-refractivity contribution >= 4 is 6.09 Å². The molecule has 0 bridgehead atoms. The van der Waals surface area contributed by atoms with E-state index in [0.717, 1.165) is 41.5 Å². The lowest BCUT2D eigenvalue weighted by molar-refractivity contribution is 0.0119. The van der Waals surface area contributed by atoms with Gasteiger partial charge in [-0.15, -0.1) is 0 Å². The van der Waals surface area contributed by atoms with Crippen LogP contribution in [0.3, 0.4) is 0 Å². The minimum absolute atomic E-state index is 0.0255. The highest BCUT2D eigenvalue weighted by atomic mass is 16.6. The van der Waals surface area contributed by atoms with Gasteiger partial charge in [-0.25, -0.2) is 4.79 Å². The number of piperazine rings is 1. The van der Waals surface area contributed by atoms with Gasteiger partial charge < -0.3 is 23.8 Å². The van der Waals surface area contributed by atoms with Crippen LogP contribution in [0.1, 0.15) is 37.9 Å². The average molecular weight is 441 g/mol. The zero-order chi connectivity index (χ0) is 22.7. The molecule has 0 aliphatic carbocycles. The van der Waals surface area contributed by atoms with Gasteiger partial charge in [0.1, 0.15) is 24.6 Å². The van der Waals surface area contributed by atoms with Crippen LogP contribution in [0.15, 0.2) is 42.5 Å². The molecular weight excluding hydrogens is 408 g/mol. The number of carbonyl (C=O) groups is 1. The number of ether oxygens (including phenoxy) is 4. The van der Waals surface area contributed by atoms with Crippen molar-refractivity contribution in [1.29, 1.82) is 0 Å². The zero-order valence-corrected chi connectivity index (χ0v) is 19.3. The fourth-order valence-electron chi connectivity index (χ4n) is 4.12. The molecule has 32 heavy (non-hydrogen) atoms. The van der Waals surface area contributed by atoms with Crippen LogP contribution in [0, 0.1) is 0 Å². The minimum atomic E-state index is -0.495. The van der Waals surface area contributed by atoms with Gasteiger partial charge >= 0.3 is 6.09 Å². The number of rotatable bonds is 4. The molecule has 1 fully saturated rings. The third kappa shape index (κ3) is 5.10. The molecule has 0 N–H and O–H groups in total. The van der Waals surface area contributed by atoms with Gasteiger partial charge in [0, 0.05) is 26.2 Å². The summed E-state index contributed by atoms with van der Waals surface area (Å²) < 4.78 is 22.4. The van der Waals surface area contributed by atoms with Crippen molar-refractivity contribution in [3.05, 3.63) is 53.6 Å². The molecular formula is C25H32N2O5. The number of fused-ring (bicyclic) bond motifs is 1. The number of carbonyl (C=O) groups excluding carboxylic acids is 1. The summed E-state index contributed by atoms with van der Waals surface area (Å²) in [4.78, 5) is 16.7. The highest BCUT2D eigenvalue weighted by molar-refractivity contribution is 5.68. The highest BCUT2D eigenvalue weighted by Crippen LogP contribution is 2.37. The molecule has 2 aliphatic rings. The molecule has 2 aliphatic heterocycles. The van der Waals surface area contributed by atoms with Gasteiger partial charge in [0.25, 0.3) is 0 Å². The van der Waals surface area contributed by atoms with E-state index in [-0.39, 0.29) is 12.1 Å². The van der Waals surface area contributed by atoms with Gasteiger partial charge in [-0.2, -0.15) is 0 Å². The van der Waals surface area contributed by atoms with E-state index in [1.165, 1.54) is 0 Å². The number of hydrogen-bond acceptors (Lipinski definition) is 6. The number of nitrogens with zero attached hydrogens (tertiary/aromatic N) is 2. The van der Waals surface area contributed by atoms with Gasteiger partial charge in [-0.05, 0) is 56.2 Å². The summed E-state index contributed by atoms with van der Waals surface area (Å²) >= 11 is 0. The predicted molar refractivity (Wildman–Crippen MR) is 122 cm³/mol. The first-order chi connectivity index (χ1) is 15.3. The Labute approximate surface area is 189 Å². The van der Waals surface area contributed by atoms with Crippen LogP contribution in [0.4, 0.5) is 4.79 Å². The first-order valence-electron chi connectivity index (χ1n) is 11.1. The number of amides is 1. The number of hydrogen-bond donors (Lipinski definition) is 0. The summed E-state index contributed by atoms with van der Waals surface area (Å²) in [7, 11) is 1.67. The van der Waals surface area contributed by atoms with Gasteiger partial charge in [0.05, 0.1) is 13.2 Å². The van der Waals surface area contributed by atoms with E-state index in [1.54, 1.807) is 12.0 Å². The van der Waals surface area contributed by atoms with Crippen LogP contribution < -0.4 is 14.2 Å². The summed E-state index contributed by atoms with van der Waals surface area (Å²) in [6.07, 6.45) is -0.252. The van der Waals surface area contributed by atoms with E-state index in [2.05, 4.69) is 29.2 Å². The second kappa shape index (κ2) is 9.28. The molecule has 172 valence electrons. The Morgan fingerprint density at radius 3 is 2.16 bits per heavy atom. The summed E-state index contributed by atoms with van der Waals surface area (Å²) in [5.74, 6) is 2.38. The smallest absolute Gasteiger partial charge is 0.410 e. The number of methoxy groups -OCH3 is 1. The maximum absolute atomic E-state index is 12.5. The van der Waals surface area contributed by atoms with Gasteiger partial charge in [-0.3, -0.25) is 4.90 Å². The van der Waals surface area contributed by atoms with E-state index in [9.17, 15) is 4.79 Å². The van der Waals surface area contributed by atoms with E-state index < -0.39 is 5.60 Å². The van der Waals surface area contributed by atoms with E-state index >= 15 is 0 Å². The Morgan fingerprint density at radius 1 is 0.906 bits per heavy atom. The zero-order valence-electron chi connectivity index (χ0n) is 19.3. The highest BCUT2D eigenvalue weighted by Gasteiger charge is 2.31. The van der Waals surface area contributed by atoms with Crippen LogP contribution >= 0.6 is 0 Å². The van der Waals surface area contributed by atoms with Crippen LogP contribution in [-0.4, -0.2) is 68.0 Å². The average Bonchev–Trinajstić information content (AvgIpc) is 2.79. The van der Waals surface area contributed by atoms with Crippen LogP contribution in [0.2, 0.25) is 0 Å². The summed E-state index contributed by atoms with van der Waals surface area (Å²) in [5.41, 5.74) is 1.80. The lowest BCUT2D eigenvalue weighted by Crippen LogP contribution is -2.51. The van der Waals surface area contributed by atoms with Crippen molar-refractivity contribution in [3.63, 3.8) is 0 Å². The maximum Gasteiger partial charge on any atom is 0.410 e. The van der Waals surface area contributed by atoms with E-state index in [0.29, 0.717) is 26.3 Å². The molecule has 0 saturated carbocycles. The fourth-order valence-corrected chi connectivity index (χ4v) is 4.12. The van der Waals surface area contributed by atoms with Crippen molar-refractivity contribution in [2.45, 2.75) is 32.4 Å². The lowest BCUT2D eigenvalue weighted by Gasteiger charge is -2.40. The molecule has 4 rings (SSSR count). The fraction of sp³-hybridized carbons (Fsp3) is 0.480. The largest absolute Gasteiger partial charge is 0.497 e. The molecule has 0 radical (unpaired) electrons. The second-order valence-corrected chi connectivity index (χ2v) is 9.08. The van der Waals surface area contributed by atoms with E-state index in [4.69, 9.17) is 18.9 Å². The van der Waals surface area contributed by atoms with Crippen molar-refractivity contribution in [2.24, 2.45) is 0 Å². The molecule has 1 unspecified atom stereocenters. The summed E-state index contributed by atoms with van der Waals surface area (Å²) in [6.45, 7) is 9.51. The Morgan fingerprint density at radius 2 is 1.53 bits per heavy atom. The third-order valence-electron chi connectivity index (χ3n) is 5.64. The second-order valence-electron chi connectivity index (χ2n) is 9.08. The molecule has 1 saturated heterocycles. The minimum Gasteiger partial charge on any atom is -0.497 e. The summed E-state index contributed by atoms with van der Waals surface area (Å²) in [6, 6.07) is 14.3. The van der Waals surface area contributed by atoms with Crippen molar-refractivity contribution in [3.8, 4) is 17.2 Å². The monoisotopic (exact) mass is 440 g/mol. The Bertz CT molecular complexity index is 930. The van der Waals surface area contributed by atoms with E-state index in [1.807, 2.05) is 39.0 Å². The first-order valence-corrected chi connectivity index (χ1v) is 11.1. The Balaban J connectivity index is 1.57. The molecule has 7 heteroatoms. The molecule has 2 heterocycles. The van der Waals surface area contributed by atoms with Crippen molar-refractivity contribution in [2.75, 3.05) is 46.5 Å². The molecule has 1 atom stereocenters. The topological polar surface area (TPSA) is 60.5 Å². The van der Waals surface area contributed by atoms with Crippen LogP contribution in [0.25, 0.3) is 0 Å². The SMILES string of the molecule is COc1ccc(C(c2ccc3c(c2)OCCO3)N2CCN(C(=O)OC(C)(C)C)CC2)cc1. The molecule has 0 aromatic heterocycles. The molecule has 7 nitrogen and oxygen atoms in total. The maximum atomic E-state index is 12.5. The van der Waals surface area contributed by atoms with Crippen molar-refractivity contribution < 1.29 is 23.7 Å². The lowest BCUT2D eigenvalue weighted by atomic mass is 9.95. The van der Waals surface area contributed by atoms with Crippen LogP contribution in [-0.2, 0) is 4.74 Å².